The van der Waals surface area contributed by atoms with Crippen LogP contribution in [-0.2, 0) is 22.7 Å². The van der Waals surface area contributed by atoms with Crippen LogP contribution in [0.4, 0.5) is 10.2 Å². The normalized spacial score (nSPS) is 14.5. The molecular formula is C24H23FN4O4S2. The van der Waals surface area contributed by atoms with Gasteiger partial charge in [-0.05, 0) is 49.6 Å². The summed E-state index contributed by atoms with van der Waals surface area (Å²) < 4.78 is 15.0. The summed E-state index contributed by atoms with van der Waals surface area (Å²) in [6.07, 6.45) is 1.78. The monoisotopic (exact) mass is 514 g/mol. The average molecular weight is 515 g/mol. The Morgan fingerprint density at radius 3 is 2.60 bits per heavy atom. The largest absolute Gasteiger partial charge is 0.481 e. The van der Waals surface area contributed by atoms with Gasteiger partial charge in [0.05, 0.1) is 4.91 Å². The number of aromatic nitrogens is 1. The number of rotatable bonds is 9. The van der Waals surface area contributed by atoms with Crippen molar-refractivity contribution in [3.8, 4) is 6.07 Å². The Labute approximate surface area is 211 Å². The summed E-state index contributed by atoms with van der Waals surface area (Å²) in [4.78, 5) is 38.4. The maximum Gasteiger partial charge on any atom is 0.303 e. The summed E-state index contributed by atoms with van der Waals surface area (Å²) in [6.45, 7) is 4.15. The van der Waals surface area contributed by atoms with Crippen LogP contribution < -0.4 is 10.9 Å². The number of pyridine rings is 1. The lowest BCUT2D eigenvalue weighted by molar-refractivity contribution is -0.137. The number of benzene rings is 1. The molecule has 0 spiro atoms. The predicted octanol–water partition coefficient (Wildman–Crippen LogP) is 3.87. The molecule has 35 heavy (non-hydrogen) atoms. The second-order valence-electron chi connectivity index (χ2n) is 7.73. The summed E-state index contributed by atoms with van der Waals surface area (Å²) in [5.74, 6) is -1.25. The van der Waals surface area contributed by atoms with Crippen molar-refractivity contribution in [1.29, 1.82) is 5.26 Å². The number of carboxylic acid groups (broad SMARTS) is 1. The van der Waals surface area contributed by atoms with E-state index in [9.17, 15) is 24.0 Å². The topological polar surface area (TPSA) is 115 Å². The van der Waals surface area contributed by atoms with Gasteiger partial charge in [0.15, 0.2) is 0 Å². The summed E-state index contributed by atoms with van der Waals surface area (Å²) in [6, 6.07) is 7.88. The lowest BCUT2D eigenvalue weighted by atomic mass is 10.0. The third kappa shape index (κ3) is 5.78. The van der Waals surface area contributed by atoms with Crippen molar-refractivity contribution >= 4 is 52.1 Å². The Kier molecular flexibility index (Phi) is 8.43. The van der Waals surface area contributed by atoms with E-state index in [1.165, 1.54) is 21.6 Å². The molecule has 8 nitrogen and oxygen atoms in total. The number of anilines is 1. The maximum absolute atomic E-state index is 13.3. The van der Waals surface area contributed by atoms with Gasteiger partial charge in [0.1, 0.15) is 27.6 Å². The third-order valence-electron chi connectivity index (χ3n) is 5.49. The van der Waals surface area contributed by atoms with Crippen LogP contribution in [0.15, 0.2) is 34.0 Å². The van der Waals surface area contributed by atoms with Crippen molar-refractivity contribution in [2.75, 3.05) is 11.9 Å². The first-order valence-electron chi connectivity index (χ1n) is 10.8. The second-order valence-corrected chi connectivity index (χ2v) is 9.41. The number of carbonyl (C=O) groups is 2. The van der Waals surface area contributed by atoms with E-state index >= 15 is 0 Å². The van der Waals surface area contributed by atoms with E-state index in [0.717, 1.165) is 17.3 Å². The number of amides is 1. The van der Waals surface area contributed by atoms with E-state index in [1.807, 2.05) is 6.07 Å². The van der Waals surface area contributed by atoms with Crippen molar-refractivity contribution in [3.05, 3.63) is 67.6 Å². The number of nitrogens with zero attached hydrogens (tertiary/aromatic N) is 3. The molecule has 0 radical (unpaired) electrons. The summed E-state index contributed by atoms with van der Waals surface area (Å²) in [5, 5.41) is 21.7. The molecule has 1 amide bonds. The van der Waals surface area contributed by atoms with Gasteiger partial charge in [0.25, 0.3) is 11.5 Å². The zero-order valence-electron chi connectivity index (χ0n) is 19.1. The van der Waals surface area contributed by atoms with E-state index in [1.54, 1.807) is 32.1 Å². The van der Waals surface area contributed by atoms with Gasteiger partial charge in [-0.1, -0.05) is 36.1 Å². The van der Waals surface area contributed by atoms with Gasteiger partial charge in [0.2, 0.25) is 0 Å². The van der Waals surface area contributed by atoms with E-state index in [0.29, 0.717) is 26.2 Å². The number of nitriles is 1. The third-order valence-corrected chi connectivity index (χ3v) is 6.86. The number of hydrogen-bond acceptors (Lipinski definition) is 7. The van der Waals surface area contributed by atoms with Crippen LogP contribution in [0, 0.1) is 24.1 Å². The first kappa shape index (κ1) is 26.1. The minimum atomic E-state index is -0.954. The number of thioether (sulfide) groups is 1. The Balaban J connectivity index is 2.03. The molecule has 182 valence electrons. The maximum atomic E-state index is 13.3. The molecule has 1 aliphatic heterocycles. The van der Waals surface area contributed by atoms with E-state index in [4.69, 9.17) is 17.3 Å². The molecule has 11 heteroatoms. The van der Waals surface area contributed by atoms with Crippen LogP contribution in [0.3, 0.4) is 0 Å². The molecule has 0 atom stereocenters. The SMILES string of the molecule is CCn1c(NCc2ccc(F)cc2)c(/C=C2/SC(=S)N(CCCC(=O)O)C2=O)c(C)c(C#N)c1=O. The van der Waals surface area contributed by atoms with Crippen LogP contribution in [-0.4, -0.2) is 37.3 Å². The van der Waals surface area contributed by atoms with Crippen LogP contribution in [0.1, 0.15) is 42.0 Å². The smallest absolute Gasteiger partial charge is 0.303 e. The molecule has 2 heterocycles. The van der Waals surface area contributed by atoms with Gasteiger partial charge in [-0.3, -0.25) is 23.9 Å². The highest BCUT2D eigenvalue weighted by molar-refractivity contribution is 8.26. The molecule has 2 N–H and O–H groups in total. The molecule has 1 aliphatic rings. The standard InChI is InChI=1S/C24H23FN4O4S2/c1-3-28-21(27-13-15-6-8-16(25)9-7-15)17(14(2)18(12-26)22(28)32)11-19-23(33)29(24(34)35-19)10-4-5-20(30)31/h6-9,11,27H,3-5,10,13H2,1-2H3,(H,30,31)/b19-11+. The molecule has 0 saturated carbocycles. The number of aliphatic carboxylic acids is 1. The quantitative estimate of drug-likeness (QED) is 0.383. The predicted molar refractivity (Wildman–Crippen MR) is 136 cm³/mol. The second kappa shape index (κ2) is 11.3. The van der Waals surface area contributed by atoms with Gasteiger partial charge in [-0.2, -0.15) is 5.26 Å². The summed E-state index contributed by atoms with van der Waals surface area (Å²) >= 11 is 6.41. The zero-order valence-corrected chi connectivity index (χ0v) is 20.8. The molecule has 1 aromatic heterocycles. The Morgan fingerprint density at radius 2 is 2.00 bits per heavy atom. The molecule has 2 aromatic rings. The van der Waals surface area contributed by atoms with Crippen molar-refractivity contribution in [2.45, 2.75) is 39.8 Å². The molecule has 3 rings (SSSR count). The van der Waals surface area contributed by atoms with Crippen molar-refractivity contribution in [1.82, 2.24) is 9.47 Å². The lowest BCUT2D eigenvalue weighted by Crippen LogP contribution is -2.29. The van der Waals surface area contributed by atoms with Crippen molar-refractivity contribution in [2.24, 2.45) is 0 Å². The van der Waals surface area contributed by atoms with Crippen molar-refractivity contribution in [3.63, 3.8) is 0 Å². The molecule has 0 unspecified atom stereocenters. The van der Waals surface area contributed by atoms with Crippen LogP contribution in [0.25, 0.3) is 6.08 Å². The number of hydrogen-bond donors (Lipinski definition) is 2. The zero-order chi connectivity index (χ0) is 25.7. The fourth-order valence-corrected chi connectivity index (χ4v) is 4.95. The van der Waals surface area contributed by atoms with E-state index in [2.05, 4.69) is 5.32 Å². The Bertz CT molecular complexity index is 1310. The molecule has 1 aromatic carbocycles. The number of carboxylic acids is 1. The molecule has 1 saturated heterocycles. The summed E-state index contributed by atoms with van der Waals surface area (Å²) in [5.41, 5.74) is 1.21. The Morgan fingerprint density at radius 1 is 1.31 bits per heavy atom. The fourth-order valence-electron chi connectivity index (χ4n) is 3.66. The van der Waals surface area contributed by atoms with Crippen LogP contribution >= 0.6 is 24.0 Å². The van der Waals surface area contributed by atoms with Gasteiger partial charge in [-0.25, -0.2) is 4.39 Å². The van der Waals surface area contributed by atoms with E-state index < -0.39 is 11.5 Å². The number of nitrogens with one attached hydrogen (secondary N) is 1. The highest BCUT2D eigenvalue weighted by Gasteiger charge is 2.32. The van der Waals surface area contributed by atoms with Gasteiger partial charge in [-0.15, -0.1) is 0 Å². The number of halogens is 1. The minimum absolute atomic E-state index is 0.0256. The minimum Gasteiger partial charge on any atom is -0.481 e. The molecule has 0 bridgehead atoms. The highest BCUT2D eigenvalue weighted by Crippen LogP contribution is 2.35. The van der Waals surface area contributed by atoms with Gasteiger partial charge in [0, 0.05) is 31.6 Å². The van der Waals surface area contributed by atoms with Gasteiger partial charge >= 0.3 is 5.97 Å². The average Bonchev–Trinajstić information content (AvgIpc) is 3.08. The van der Waals surface area contributed by atoms with Crippen LogP contribution in [0.5, 0.6) is 0 Å². The van der Waals surface area contributed by atoms with Crippen molar-refractivity contribution < 1.29 is 19.1 Å². The first-order valence-corrected chi connectivity index (χ1v) is 12.0. The van der Waals surface area contributed by atoms with Gasteiger partial charge < -0.3 is 10.4 Å². The Hall–Kier alpha value is -3.49. The highest BCUT2D eigenvalue weighted by atomic mass is 32.2. The summed E-state index contributed by atoms with van der Waals surface area (Å²) in [7, 11) is 0. The lowest BCUT2D eigenvalue weighted by Gasteiger charge is -2.19. The molecular weight excluding hydrogens is 491 g/mol. The molecule has 1 fully saturated rings. The number of carbonyl (C=O) groups excluding carboxylic acids is 1. The first-order chi connectivity index (χ1) is 16.7. The molecule has 0 aliphatic carbocycles. The fraction of sp³-hybridized carbons (Fsp3) is 0.292. The van der Waals surface area contributed by atoms with E-state index in [-0.39, 0.29) is 49.8 Å². The number of thiocarbonyl (C=S) groups is 1. The van der Waals surface area contributed by atoms with Crippen LogP contribution in [0.2, 0.25) is 0 Å².